The van der Waals surface area contributed by atoms with Gasteiger partial charge in [0.1, 0.15) is 0 Å². The Kier molecular flexibility index (Phi) is 0.898. The van der Waals surface area contributed by atoms with E-state index >= 15 is 0 Å². The number of rotatable bonds is 0. The smallest absolute Gasteiger partial charge is 0.209 e. The molecule has 0 amide bonds. The average Bonchev–Trinajstić information content (AvgIpc) is 1.69. The van der Waals surface area contributed by atoms with E-state index in [2.05, 4.69) is 11.3 Å². The average molecular weight is 95.1 g/mol. The molecule has 1 aromatic heterocycles. The van der Waals surface area contributed by atoms with Crippen LogP contribution in [-0.2, 0) is 0 Å². The van der Waals surface area contributed by atoms with E-state index in [4.69, 9.17) is 0 Å². The van der Waals surface area contributed by atoms with Gasteiger partial charge in [-0.05, 0) is 6.07 Å². The Balaban J connectivity index is 3.02. The highest BCUT2D eigenvalue weighted by Gasteiger charge is 1.78. The maximum atomic E-state index is 10.0. The van der Waals surface area contributed by atoms with Crippen molar-refractivity contribution in [3.63, 3.8) is 0 Å². The largest absolute Gasteiger partial charge is 0.594 e. The summed E-state index contributed by atoms with van der Waals surface area (Å²) in [4.78, 5) is 0.444. The third kappa shape index (κ3) is 0.855. The summed E-state index contributed by atoms with van der Waals surface area (Å²) in [5.74, 6) is 0. The fraction of sp³-hybridized carbons (Fsp3) is 0. The summed E-state index contributed by atoms with van der Waals surface area (Å²) in [6.07, 6.45) is 3.66. The molecule has 0 N–H and O–H groups in total. The fourth-order valence-electron chi connectivity index (χ4n) is 0.283. The zero-order valence-electron chi connectivity index (χ0n) is 3.53. The molecule has 0 aliphatic carbocycles. The lowest BCUT2D eigenvalue weighted by molar-refractivity contribution is -0.669. The van der Waals surface area contributed by atoms with E-state index in [1.807, 2.05) is 0 Å². The molecule has 0 saturated heterocycles. The molecule has 1 aromatic rings. The Morgan fingerprint density at radius 1 is 1.71 bits per heavy atom. The van der Waals surface area contributed by atoms with Gasteiger partial charge in [0.15, 0.2) is 6.20 Å². The van der Waals surface area contributed by atoms with E-state index < -0.39 is 0 Å². The van der Waals surface area contributed by atoms with E-state index in [1.54, 1.807) is 12.1 Å². The van der Waals surface area contributed by atoms with Crippen molar-refractivity contribution < 1.29 is 4.85 Å². The Morgan fingerprint density at radius 3 is 2.86 bits per heavy atom. The van der Waals surface area contributed by atoms with Gasteiger partial charge in [0.25, 0.3) is 0 Å². The predicted octanol–water partition coefficient (Wildman–Crippen LogP) is -0.485. The number of aromatic nitrogens is 2. The van der Waals surface area contributed by atoms with Crippen LogP contribution in [0.5, 0.6) is 0 Å². The number of nitrogens with zero attached hydrogens (tertiary/aromatic N) is 2. The van der Waals surface area contributed by atoms with Gasteiger partial charge in [-0.2, -0.15) is 0 Å². The maximum absolute atomic E-state index is 10.0. The van der Waals surface area contributed by atoms with Gasteiger partial charge in [-0.1, -0.05) is 4.85 Å². The second-order valence-electron chi connectivity index (χ2n) is 1.04. The minimum atomic E-state index is 0.444. The van der Waals surface area contributed by atoms with Crippen LogP contribution in [0.3, 0.4) is 0 Å². The third-order valence-electron chi connectivity index (χ3n) is 0.541. The monoisotopic (exact) mass is 95.0 g/mol. The Labute approximate surface area is 40.8 Å². The van der Waals surface area contributed by atoms with E-state index in [0.717, 1.165) is 0 Å². The molecule has 1 radical (unpaired) electrons. The van der Waals surface area contributed by atoms with Crippen LogP contribution >= 0.6 is 0 Å². The quantitative estimate of drug-likeness (QED) is 0.322. The molecule has 35 valence electrons. The van der Waals surface area contributed by atoms with Crippen molar-refractivity contribution in [3.8, 4) is 0 Å². The van der Waals surface area contributed by atoms with E-state index in [-0.39, 0.29) is 0 Å². The van der Waals surface area contributed by atoms with Crippen LogP contribution in [0, 0.1) is 11.4 Å². The number of hydrogen-bond donors (Lipinski definition) is 0. The normalized spacial score (nSPS) is 8.57. The van der Waals surface area contributed by atoms with Crippen molar-refractivity contribution >= 4 is 0 Å². The summed E-state index contributed by atoms with van der Waals surface area (Å²) in [5, 5.41) is 13.3. The molecule has 0 saturated carbocycles. The second kappa shape index (κ2) is 1.55. The standard InChI is InChI=1S/C4H3N2O/c7-6-4-2-1-3-5-6/h1-2,4H. The molecule has 0 spiro atoms. The molecule has 0 aliphatic heterocycles. The molecule has 3 nitrogen and oxygen atoms in total. The van der Waals surface area contributed by atoms with Crippen molar-refractivity contribution in [3.05, 3.63) is 29.7 Å². The molecule has 0 aliphatic rings. The van der Waals surface area contributed by atoms with Gasteiger partial charge >= 0.3 is 0 Å². The summed E-state index contributed by atoms with van der Waals surface area (Å²) in [7, 11) is 0. The molecule has 0 aromatic carbocycles. The summed E-state index contributed by atoms with van der Waals surface area (Å²) in [5.41, 5.74) is 0. The molecular weight excluding hydrogens is 92.1 g/mol. The zero-order valence-corrected chi connectivity index (χ0v) is 3.53. The molecular formula is C4H3N2O. The zero-order chi connectivity index (χ0) is 5.11. The highest BCUT2D eigenvalue weighted by atomic mass is 16.5. The second-order valence-corrected chi connectivity index (χ2v) is 1.04. The van der Waals surface area contributed by atoms with Crippen molar-refractivity contribution in [1.82, 2.24) is 5.10 Å². The SMILES string of the molecule is [O-][n+]1ccc[c]n1. The highest BCUT2D eigenvalue weighted by molar-refractivity contribution is 4.74. The van der Waals surface area contributed by atoms with Crippen LogP contribution in [0.2, 0.25) is 0 Å². The van der Waals surface area contributed by atoms with E-state index in [1.165, 1.54) is 6.20 Å². The molecule has 3 heteroatoms. The minimum absolute atomic E-state index is 0.444. The fourth-order valence-corrected chi connectivity index (χ4v) is 0.283. The molecule has 0 unspecified atom stereocenters. The third-order valence-corrected chi connectivity index (χ3v) is 0.541. The Hall–Kier alpha value is -1.12. The van der Waals surface area contributed by atoms with Crippen LogP contribution in [0.25, 0.3) is 0 Å². The van der Waals surface area contributed by atoms with E-state index in [0.29, 0.717) is 4.85 Å². The lowest BCUT2D eigenvalue weighted by Gasteiger charge is -1.83. The molecule has 0 fully saturated rings. The molecule has 0 atom stereocenters. The van der Waals surface area contributed by atoms with Gasteiger partial charge in [-0.25, -0.2) is 0 Å². The Bertz CT molecular complexity index is 140. The summed E-state index contributed by atoms with van der Waals surface area (Å²) >= 11 is 0. The molecule has 0 bridgehead atoms. The van der Waals surface area contributed by atoms with Crippen molar-refractivity contribution in [2.45, 2.75) is 0 Å². The van der Waals surface area contributed by atoms with Crippen LogP contribution in [-0.4, -0.2) is 5.10 Å². The van der Waals surface area contributed by atoms with Gasteiger partial charge in [-0.3, -0.25) is 0 Å². The van der Waals surface area contributed by atoms with E-state index in [9.17, 15) is 5.21 Å². The Morgan fingerprint density at radius 2 is 2.57 bits per heavy atom. The minimum Gasteiger partial charge on any atom is -0.594 e. The molecule has 1 rings (SSSR count). The summed E-state index contributed by atoms with van der Waals surface area (Å²) in [6.45, 7) is 0. The van der Waals surface area contributed by atoms with Crippen molar-refractivity contribution in [2.75, 3.05) is 0 Å². The predicted molar refractivity (Wildman–Crippen MR) is 22.0 cm³/mol. The van der Waals surface area contributed by atoms with Gasteiger partial charge in [0, 0.05) is 11.2 Å². The first kappa shape index (κ1) is 4.05. The van der Waals surface area contributed by atoms with Crippen LogP contribution in [0.15, 0.2) is 18.3 Å². The van der Waals surface area contributed by atoms with Crippen LogP contribution in [0.4, 0.5) is 0 Å². The molecule has 1 heterocycles. The summed E-state index contributed by atoms with van der Waals surface area (Å²) < 4.78 is 0. The first-order valence-electron chi connectivity index (χ1n) is 1.82. The van der Waals surface area contributed by atoms with Gasteiger partial charge < -0.3 is 5.21 Å². The van der Waals surface area contributed by atoms with Gasteiger partial charge in [-0.15, -0.1) is 0 Å². The van der Waals surface area contributed by atoms with Crippen LogP contribution in [0.1, 0.15) is 0 Å². The summed E-state index contributed by atoms with van der Waals surface area (Å²) in [6, 6.07) is 3.13. The first-order valence-corrected chi connectivity index (χ1v) is 1.82. The van der Waals surface area contributed by atoms with Crippen molar-refractivity contribution in [1.29, 1.82) is 0 Å². The topological polar surface area (TPSA) is 39.8 Å². The molecule has 7 heavy (non-hydrogen) atoms. The van der Waals surface area contributed by atoms with Gasteiger partial charge in [0.2, 0.25) is 6.20 Å². The number of hydrogen-bond acceptors (Lipinski definition) is 2. The maximum Gasteiger partial charge on any atom is 0.209 e. The highest BCUT2D eigenvalue weighted by Crippen LogP contribution is 1.65. The lowest BCUT2D eigenvalue weighted by atomic mass is 10.6. The first-order chi connectivity index (χ1) is 3.39. The van der Waals surface area contributed by atoms with Crippen LogP contribution < -0.4 is 4.85 Å². The lowest BCUT2D eigenvalue weighted by Crippen LogP contribution is -2.28. The van der Waals surface area contributed by atoms with Crippen molar-refractivity contribution in [2.24, 2.45) is 0 Å². The van der Waals surface area contributed by atoms with Gasteiger partial charge in [0.05, 0.1) is 0 Å².